The molecule has 0 saturated heterocycles. The Morgan fingerprint density at radius 3 is 2.47 bits per heavy atom. The number of carbonyl (C=O) groups is 1. The maximum Gasteiger partial charge on any atom is 0.328 e. The summed E-state index contributed by atoms with van der Waals surface area (Å²) in [6.07, 6.45) is 2.37. The Balaban J connectivity index is 3.12. The number of rotatable bonds is 2. The zero-order chi connectivity index (χ0) is 11.3. The van der Waals surface area contributed by atoms with Crippen molar-refractivity contribution in [1.82, 2.24) is 0 Å². The highest BCUT2D eigenvalue weighted by Gasteiger charge is 2.01. The van der Waals surface area contributed by atoms with Crippen LogP contribution in [0.5, 0.6) is 0 Å². The molecule has 0 spiro atoms. The van der Waals surface area contributed by atoms with Gasteiger partial charge < -0.3 is 5.11 Å². The van der Waals surface area contributed by atoms with Crippen LogP contribution in [0.1, 0.15) is 5.56 Å². The van der Waals surface area contributed by atoms with E-state index in [0.717, 1.165) is 6.08 Å². The van der Waals surface area contributed by atoms with Crippen molar-refractivity contribution in [3.05, 3.63) is 52.7 Å². The summed E-state index contributed by atoms with van der Waals surface area (Å²) in [5.41, 5.74) is 1.10. The van der Waals surface area contributed by atoms with Crippen molar-refractivity contribution >= 4 is 23.4 Å². The molecule has 0 amide bonds. The van der Waals surface area contributed by atoms with Crippen LogP contribution in [0.3, 0.4) is 0 Å². The van der Waals surface area contributed by atoms with Crippen LogP contribution in [-0.2, 0) is 4.79 Å². The minimum atomic E-state index is -1.05. The lowest BCUT2D eigenvalue weighted by atomic mass is 10.1. The molecule has 4 nitrogen and oxygen atoms in total. The van der Waals surface area contributed by atoms with Crippen molar-refractivity contribution in [1.29, 1.82) is 0 Å². The van der Waals surface area contributed by atoms with E-state index < -0.39 is 5.97 Å². The van der Waals surface area contributed by atoms with E-state index in [2.05, 4.69) is 9.69 Å². The van der Waals surface area contributed by atoms with Crippen molar-refractivity contribution in [2.24, 2.45) is 0 Å². The second-order valence-corrected chi connectivity index (χ2v) is 2.64. The molecule has 1 rings (SSSR count). The monoisotopic (exact) mass is 198 g/mol. The Morgan fingerprint density at radius 2 is 1.93 bits per heavy atom. The molecule has 0 aliphatic carbocycles. The Hall–Kier alpha value is -2.59. The highest BCUT2D eigenvalue weighted by Crippen LogP contribution is 2.29. The average Bonchev–Trinajstić information content (AvgIpc) is 2.25. The normalized spacial score (nSPS) is 9.47. The van der Waals surface area contributed by atoms with E-state index in [1.54, 1.807) is 6.07 Å². The van der Waals surface area contributed by atoms with Gasteiger partial charge in [-0.3, -0.25) is 9.69 Å². The van der Waals surface area contributed by atoms with E-state index in [0.29, 0.717) is 5.56 Å². The van der Waals surface area contributed by atoms with Crippen molar-refractivity contribution in [3.63, 3.8) is 0 Å². The Kier molecular flexibility index (Phi) is 3.21. The van der Waals surface area contributed by atoms with Crippen molar-refractivity contribution < 1.29 is 9.90 Å². The molecule has 0 fully saturated rings. The largest absolute Gasteiger partial charge is 0.478 e. The van der Waals surface area contributed by atoms with Gasteiger partial charge in [-0.05, 0) is 11.6 Å². The highest BCUT2D eigenvalue weighted by atomic mass is 16.4. The van der Waals surface area contributed by atoms with Crippen LogP contribution in [0.15, 0.2) is 24.3 Å². The topological polar surface area (TPSA) is 46.0 Å². The third kappa shape index (κ3) is 2.68. The van der Waals surface area contributed by atoms with Gasteiger partial charge >= 0.3 is 5.97 Å². The van der Waals surface area contributed by atoms with Gasteiger partial charge in [-0.1, -0.05) is 18.2 Å². The molecular formula is C11H6N2O2. The summed E-state index contributed by atoms with van der Waals surface area (Å²) in [6.45, 7) is 13.6. The summed E-state index contributed by atoms with van der Waals surface area (Å²) in [6, 6.07) is 4.59. The van der Waals surface area contributed by atoms with E-state index >= 15 is 0 Å². The highest BCUT2D eigenvalue weighted by molar-refractivity contribution is 5.86. The van der Waals surface area contributed by atoms with Crippen LogP contribution in [0.4, 0.5) is 11.4 Å². The van der Waals surface area contributed by atoms with Crippen molar-refractivity contribution in [2.75, 3.05) is 0 Å². The first kappa shape index (κ1) is 10.5. The Bertz CT molecular complexity index is 504. The summed E-state index contributed by atoms with van der Waals surface area (Å²) >= 11 is 0. The first-order valence-corrected chi connectivity index (χ1v) is 3.97. The van der Waals surface area contributed by atoms with Gasteiger partial charge in [-0.2, -0.15) is 0 Å². The van der Waals surface area contributed by atoms with Crippen LogP contribution in [0, 0.1) is 13.1 Å². The lowest BCUT2D eigenvalue weighted by Crippen LogP contribution is -1.85. The number of benzene rings is 1. The van der Waals surface area contributed by atoms with Crippen LogP contribution in [-0.4, -0.2) is 11.1 Å². The first-order chi connectivity index (χ1) is 7.17. The third-order valence-electron chi connectivity index (χ3n) is 1.66. The average molecular weight is 198 g/mol. The molecule has 0 saturated carbocycles. The smallest absolute Gasteiger partial charge is 0.328 e. The number of carboxylic acid groups (broad SMARTS) is 1. The standard InChI is InChI=1S/C11H6N2O2/c1-12-9-5-3-8(4-6-11(14)15)7-10(9)13-2/h3-7H,(H,14,15)/b6-4+. The fraction of sp³-hybridized carbons (Fsp3) is 0. The first-order valence-electron chi connectivity index (χ1n) is 3.97. The number of aliphatic carboxylic acids is 1. The second kappa shape index (κ2) is 4.59. The Morgan fingerprint density at radius 1 is 1.27 bits per heavy atom. The molecule has 1 N–H and O–H groups in total. The molecule has 0 unspecified atom stereocenters. The fourth-order valence-electron chi connectivity index (χ4n) is 0.996. The predicted molar refractivity (Wildman–Crippen MR) is 55.6 cm³/mol. The summed E-state index contributed by atoms with van der Waals surface area (Å²) in [4.78, 5) is 16.6. The maximum atomic E-state index is 10.3. The van der Waals surface area contributed by atoms with E-state index in [-0.39, 0.29) is 11.4 Å². The molecule has 0 aliphatic heterocycles. The Labute approximate surface area is 86.7 Å². The summed E-state index contributed by atoms with van der Waals surface area (Å²) in [5.74, 6) is -1.05. The molecule has 0 heterocycles. The molecule has 15 heavy (non-hydrogen) atoms. The summed E-state index contributed by atoms with van der Waals surface area (Å²) < 4.78 is 0. The lowest BCUT2D eigenvalue weighted by Gasteiger charge is -1.96. The van der Waals surface area contributed by atoms with Gasteiger partial charge in [-0.15, -0.1) is 0 Å². The molecule has 0 atom stereocenters. The van der Waals surface area contributed by atoms with Gasteiger partial charge in [0.05, 0.1) is 13.1 Å². The van der Waals surface area contributed by atoms with Gasteiger partial charge in [0.1, 0.15) is 0 Å². The SMILES string of the molecule is [C-]#[N+]c1ccc(/C=C/C(=O)O)cc1[N+]#[C-]. The minimum absolute atomic E-state index is 0.234. The predicted octanol–water partition coefficient (Wildman–Crippen LogP) is 2.89. The number of carboxylic acids is 1. The molecular weight excluding hydrogens is 192 g/mol. The van der Waals surface area contributed by atoms with Crippen LogP contribution >= 0.6 is 0 Å². The van der Waals surface area contributed by atoms with Crippen LogP contribution in [0.25, 0.3) is 15.8 Å². The molecule has 0 aliphatic rings. The van der Waals surface area contributed by atoms with Crippen LogP contribution < -0.4 is 0 Å². The molecule has 4 heteroatoms. The molecule has 0 bridgehead atoms. The summed E-state index contributed by atoms with van der Waals surface area (Å²) in [7, 11) is 0. The van der Waals surface area contributed by atoms with Crippen molar-refractivity contribution in [2.45, 2.75) is 0 Å². The minimum Gasteiger partial charge on any atom is -0.478 e. The van der Waals surface area contributed by atoms with Gasteiger partial charge in [0, 0.05) is 6.08 Å². The molecule has 1 aromatic carbocycles. The van der Waals surface area contributed by atoms with E-state index in [1.165, 1.54) is 18.2 Å². The number of hydrogen-bond donors (Lipinski definition) is 1. The molecule has 72 valence electrons. The van der Waals surface area contributed by atoms with E-state index in [9.17, 15) is 4.79 Å². The van der Waals surface area contributed by atoms with Gasteiger partial charge in [0.25, 0.3) is 0 Å². The maximum absolute atomic E-state index is 10.3. The number of hydrogen-bond acceptors (Lipinski definition) is 1. The fourth-order valence-corrected chi connectivity index (χ4v) is 0.996. The zero-order valence-corrected chi connectivity index (χ0v) is 7.64. The van der Waals surface area contributed by atoms with Gasteiger partial charge in [-0.25, -0.2) is 4.79 Å². The zero-order valence-electron chi connectivity index (χ0n) is 7.64. The number of nitrogens with zero attached hydrogens (tertiary/aromatic N) is 2. The van der Waals surface area contributed by atoms with Gasteiger partial charge in [0.15, 0.2) is 11.4 Å². The molecule has 0 aromatic heterocycles. The third-order valence-corrected chi connectivity index (χ3v) is 1.66. The lowest BCUT2D eigenvalue weighted by molar-refractivity contribution is -0.131. The molecule has 0 radical (unpaired) electrons. The van der Waals surface area contributed by atoms with Crippen molar-refractivity contribution in [3.8, 4) is 0 Å². The van der Waals surface area contributed by atoms with E-state index in [4.69, 9.17) is 18.3 Å². The summed E-state index contributed by atoms with van der Waals surface area (Å²) in [5, 5.41) is 8.41. The molecule has 1 aromatic rings. The van der Waals surface area contributed by atoms with Crippen LogP contribution in [0.2, 0.25) is 0 Å². The van der Waals surface area contributed by atoms with Gasteiger partial charge in [0.2, 0.25) is 0 Å². The van der Waals surface area contributed by atoms with E-state index in [1.807, 2.05) is 0 Å². The second-order valence-electron chi connectivity index (χ2n) is 2.64. The quantitative estimate of drug-likeness (QED) is 0.586.